The predicted octanol–water partition coefficient (Wildman–Crippen LogP) is 5.50. The van der Waals surface area contributed by atoms with Crippen molar-refractivity contribution < 1.29 is 41.3 Å². The monoisotopic (exact) mass is 628 g/mol. The maximum Gasteiger partial charge on any atom is 0.417 e. The van der Waals surface area contributed by atoms with Crippen molar-refractivity contribution in [3.8, 4) is 39.9 Å². The lowest BCUT2D eigenvalue weighted by Crippen LogP contribution is -2.26. The first-order valence-electron chi connectivity index (χ1n) is 13.7. The van der Waals surface area contributed by atoms with E-state index < -0.39 is 35.4 Å². The number of fused-ring (bicyclic) bond motifs is 1. The number of hydrogen-bond acceptors (Lipinski definition) is 9. The first-order valence-corrected chi connectivity index (χ1v) is 13.7. The van der Waals surface area contributed by atoms with E-state index in [1.54, 1.807) is 0 Å². The van der Waals surface area contributed by atoms with Gasteiger partial charge < -0.3 is 14.6 Å². The molecular weight excluding hydrogens is 603 g/mol. The predicted molar refractivity (Wildman–Crippen MR) is 149 cm³/mol. The quantitative estimate of drug-likeness (QED) is 0.115. The molecule has 2 aliphatic rings. The Labute approximate surface area is 252 Å². The van der Waals surface area contributed by atoms with E-state index in [4.69, 9.17) is 14.6 Å². The van der Waals surface area contributed by atoms with Gasteiger partial charge in [-0.1, -0.05) is 13.0 Å². The fourth-order valence-corrected chi connectivity index (χ4v) is 4.37. The number of carbonyl (C=O) groups is 1. The van der Waals surface area contributed by atoms with E-state index in [9.17, 15) is 26.7 Å². The zero-order chi connectivity index (χ0) is 32.1. The van der Waals surface area contributed by atoms with Crippen LogP contribution in [-0.2, 0) is 15.7 Å². The molecule has 1 unspecified atom stereocenters. The van der Waals surface area contributed by atoms with Crippen LogP contribution in [0.1, 0.15) is 36.9 Å². The number of benzene rings is 2. The molecule has 2 aliphatic heterocycles. The SMILES string of the molecule is CCCOc1ccc(-c2ncc(C(C(=O)OCCCO)n3cc4nc(-c5cccc(F)c5F)nc-4cn3)cn2)c(C(F)(F)F)c1. The number of esters is 1. The van der Waals surface area contributed by atoms with E-state index >= 15 is 0 Å². The third-order valence-corrected chi connectivity index (χ3v) is 6.51. The Morgan fingerprint density at radius 3 is 2.44 bits per heavy atom. The number of aliphatic hydroxyl groups is 1. The summed E-state index contributed by atoms with van der Waals surface area (Å²) >= 11 is 0. The molecule has 2 aromatic carbocycles. The minimum atomic E-state index is -4.73. The molecule has 0 aliphatic carbocycles. The summed E-state index contributed by atoms with van der Waals surface area (Å²) in [4.78, 5) is 29.9. The molecule has 1 aromatic heterocycles. The van der Waals surface area contributed by atoms with Crippen molar-refractivity contribution in [1.29, 1.82) is 0 Å². The van der Waals surface area contributed by atoms with Crippen LogP contribution >= 0.6 is 0 Å². The summed E-state index contributed by atoms with van der Waals surface area (Å²) in [5.41, 5.74) is -0.965. The average molecular weight is 629 g/mol. The highest BCUT2D eigenvalue weighted by atomic mass is 19.4. The van der Waals surface area contributed by atoms with E-state index in [1.165, 1.54) is 49.1 Å². The number of alkyl halides is 3. The number of aliphatic hydroxyl groups excluding tert-OH is 1. The zero-order valence-corrected chi connectivity index (χ0v) is 23.6. The maximum atomic E-state index is 14.4. The Morgan fingerprint density at radius 1 is 0.978 bits per heavy atom. The number of halogens is 5. The zero-order valence-electron chi connectivity index (χ0n) is 23.6. The van der Waals surface area contributed by atoms with Gasteiger partial charge in [-0.2, -0.15) is 18.3 Å². The van der Waals surface area contributed by atoms with Gasteiger partial charge in [0.05, 0.1) is 36.7 Å². The Balaban J connectivity index is 1.52. The second-order valence-corrected chi connectivity index (χ2v) is 9.71. The third-order valence-electron chi connectivity index (χ3n) is 6.51. The Kier molecular flexibility index (Phi) is 9.27. The van der Waals surface area contributed by atoms with Crippen molar-refractivity contribution >= 4 is 5.97 Å². The molecule has 5 rings (SSSR count). The van der Waals surface area contributed by atoms with Gasteiger partial charge in [0.15, 0.2) is 29.3 Å². The van der Waals surface area contributed by atoms with E-state index in [0.29, 0.717) is 6.42 Å². The summed E-state index contributed by atoms with van der Waals surface area (Å²) in [5.74, 6) is -3.35. The molecule has 0 radical (unpaired) electrons. The van der Waals surface area contributed by atoms with Gasteiger partial charge in [0.25, 0.3) is 0 Å². The molecule has 0 bridgehead atoms. The number of rotatable bonds is 11. The summed E-state index contributed by atoms with van der Waals surface area (Å²) in [6, 6.07) is 5.72. The fourth-order valence-electron chi connectivity index (χ4n) is 4.37. The minimum Gasteiger partial charge on any atom is -0.494 e. The van der Waals surface area contributed by atoms with Gasteiger partial charge in [0.2, 0.25) is 0 Å². The number of carbonyl (C=O) groups excluding carboxylic acids is 1. The van der Waals surface area contributed by atoms with Crippen LogP contribution in [-0.4, -0.2) is 60.6 Å². The van der Waals surface area contributed by atoms with Crippen LogP contribution in [0.4, 0.5) is 22.0 Å². The Hall–Kier alpha value is -5.05. The second kappa shape index (κ2) is 13.3. The van der Waals surface area contributed by atoms with Crippen molar-refractivity contribution in [2.75, 3.05) is 19.8 Å². The molecule has 0 spiro atoms. The number of hydrogen-bond donors (Lipinski definition) is 1. The lowest BCUT2D eigenvalue weighted by atomic mass is 10.1. The Morgan fingerprint density at radius 2 is 1.73 bits per heavy atom. The van der Waals surface area contributed by atoms with Crippen molar-refractivity contribution in [2.24, 2.45) is 0 Å². The van der Waals surface area contributed by atoms with Crippen molar-refractivity contribution in [3.05, 3.63) is 83.9 Å². The molecule has 15 heteroatoms. The summed E-state index contributed by atoms with van der Waals surface area (Å²) in [6.45, 7) is 1.70. The van der Waals surface area contributed by atoms with Crippen molar-refractivity contribution in [3.63, 3.8) is 0 Å². The number of imidazole rings is 1. The van der Waals surface area contributed by atoms with Crippen molar-refractivity contribution in [2.45, 2.75) is 32.0 Å². The molecule has 1 N–H and O–H groups in total. The first kappa shape index (κ1) is 31.4. The standard InChI is InChI=1S/C30H25F5N6O4/c1-2-10-44-18-7-8-19(21(12-18)30(33,34)35)27-36-13-17(14-37-27)26(29(43)45-11-4-9-42)41-16-24-23(15-38-41)39-28(40-24)20-5-3-6-22(31)25(20)32/h3,5-8,12-16,26,42H,2,4,9-11H2,1H3. The third kappa shape index (κ3) is 6.87. The lowest BCUT2D eigenvalue weighted by molar-refractivity contribution is -0.147. The summed E-state index contributed by atoms with van der Waals surface area (Å²) < 4.78 is 81.8. The molecular formula is C30H25F5N6O4. The van der Waals surface area contributed by atoms with Crippen LogP contribution in [0.25, 0.3) is 34.2 Å². The molecule has 0 fully saturated rings. The van der Waals surface area contributed by atoms with Crippen LogP contribution in [0.15, 0.2) is 61.2 Å². The van der Waals surface area contributed by atoms with Crippen LogP contribution in [0.3, 0.4) is 0 Å². The molecule has 234 valence electrons. The van der Waals surface area contributed by atoms with Crippen LogP contribution in [0, 0.1) is 11.6 Å². The van der Waals surface area contributed by atoms with Crippen LogP contribution in [0.5, 0.6) is 5.75 Å². The molecule has 0 saturated carbocycles. The van der Waals surface area contributed by atoms with Gasteiger partial charge in [-0.05, 0) is 36.8 Å². The number of ether oxygens (including phenoxy) is 2. The summed E-state index contributed by atoms with van der Waals surface area (Å²) in [5, 5.41) is 13.3. The van der Waals surface area contributed by atoms with E-state index in [1.807, 2.05) is 6.92 Å². The molecule has 10 nitrogen and oxygen atoms in total. The smallest absolute Gasteiger partial charge is 0.417 e. The van der Waals surface area contributed by atoms with Gasteiger partial charge in [-0.25, -0.2) is 33.5 Å². The Bertz CT molecular complexity index is 1760. The van der Waals surface area contributed by atoms with E-state index in [2.05, 4.69) is 25.0 Å². The van der Waals surface area contributed by atoms with Crippen LogP contribution in [0.2, 0.25) is 0 Å². The molecule has 0 saturated heterocycles. The molecule has 0 amide bonds. The number of nitrogens with zero attached hydrogens (tertiary/aromatic N) is 6. The minimum absolute atomic E-state index is 0.0482. The van der Waals surface area contributed by atoms with Gasteiger partial charge in [0.1, 0.15) is 17.1 Å². The maximum absolute atomic E-state index is 14.4. The highest BCUT2D eigenvalue weighted by molar-refractivity contribution is 5.78. The normalized spacial score (nSPS) is 12.3. The van der Waals surface area contributed by atoms with Gasteiger partial charge in [-0.3, -0.25) is 4.68 Å². The first-order chi connectivity index (χ1) is 21.6. The van der Waals surface area contributed by atoms with Crippen LogP contribution < -0.4 is 4.74 Å². The molecule has 3 heterocycles. The summed E-state index contributed by atoms with van der Waals surface area (Å²) in [6.07, 6.45) is 0.958. The molecule has 45 heavy (non-hydrogen) atoms. The molecule has 1 atom stereocenters. The molecule has 3 aromatic rings. The largest absolute Gasteiger partial charge is 0.494 e. The fraction of sp³-hybridized carbons (Fsp3) is 0.267. The average Bonchev–Trinajstić information content (AvgIpc) is 3.45. The van der Waals surface area contributed by atoms with E-state index in [-0.39, 0.29) is 71.7 Å². The topological polar surface area (TPSA) is 125 Å². The summed E-state index contributed by atoms with van der Waals surface area (Å²) in [7, 11) is 0. The van der Waals surface area contributed by atoms with Gasteiger partial charge in [-0.15, -0.1) is 0 Å². The lowest BCUT2D eigenvalue weighted by Gasteiger charge is -2.19. The van der Waals surface area contributed by atoms with Gasteiger partial charge >= 0.3 is 12.1 Å². The second-order valence-electron chi connectivity index (χ2n) is 9.71. The van der Waals surface area contributed by atoms with Gasteiger partial charge in [0, 0.05) is 36.5 Å². The number of aromatic nitrogens is 6. The van der Waals surface area contributed by atoms with E-state index in [0.717, 1.165) is 16.8 Å². The highest BCUT2D eigenvalue weighted by Crippen LogP contribution is 2.38. The van der Waals surface area contributed by atoms with Crippen molar-refractivity contribution in [1.82, 2.24) is 29.7 Å². The highest BCUT2D eigenvalue weighted by Gasteiger charge is 2.35.